The predicted octanol–water partition coefficient (Wildman–Crippen LogP) is 3.02. The van der Waals surface area contributed by atoms with E-state index in [-0.39, 0.29) is 12.1 Å². The van der Waals surface area contributed by atoms with E-state index >= 15 is 0 Å². The Morgan fingerprint density at radius 2 is 2.24 bits per heavy atom. The first-order chi connectivity index (χ1) is 10.3. The molecule has 0 amide bonds. The summed E-state index contributed by atoms with van der Waals surface area (Å²) in [6.45, 7) is 3.03. The van der Waals surface area contributed by atoms with Crippen molar-refractivity contribution in [1.82, 2.24) is 10.3 Å². The van der Waals surface area contributed by atoms with Crippen molar-refractivity contribution in [2.45, 2.75) is 44.7 Å². The van der Waals surface area contributed by atoms with Crippen molar-refractivity contribution in [1.29, 1.82) is 0 Å². The lowest BCUT2D eigenvalue weighted by Crippen LogP contribution is -2.43. The van der Waals surface area contributed by atoms with Crippen LogP contribution in [-0.4, -0.2) is 16.7 Å². The number of hydrogen-bond donors (Lipinski definition) is 2. The number of aryl methyl sites for hydroxylation is 2. The van der Waals surface area contributed by atoms with Gasteiger partial charge in [0.1, 0.15) is 0 Å². The average Bonchev–Trinajstić information content (AvgIpc) is 3.11. The molecule has 0 spiro atoms. The third-order valence-corrected chi connectivity index (χ3v) is 5.25. The fourth-order valence-electron chi connectivity index (χ4n) is 3.11. The molecule has 0 bridgehead atoms. The molecule has 0 fully saturated rings. The molecule has 2 N–H and O–H groups in total. The lowest BCUT2D eigenvalue weighted by molar-refractivity contribution is 0.158. The van der Waals surface area contributed by atoms with Gasteiger partial charge < -0.3 is 5.11 Å². The Labute approximate surface area is 130 Å². The van der Waals surface area contributed by atoms with Crippen molar-refractivity contribution in [3.05, 3.63) is 51.5 Å². The number of nitrogens with one attached hydrogen (secondary N) is 1. The zero-order chi connectivity index (χ0) is 14.7. The van der Waals surface area contributed by atoms with Gasteiger partial charge in [0.15, 0.2) is 0 Å². The van der Waals surface area contributed by atoms with Crippen LogP contribution in [0.4, 0.5) is 0 Å². The molecule has 3 nitrogen and oxygen atoms in total. The number of aliphatic hydroxyl groups excluding tert-OH is 1. The summed E-state index contributed by atoms with van der Waals surface area (Å²) in [7, 11) is 0. The average molecular weight is 302 g/mol. The van der Waals surface area contributed by atoms with Crippen LogP contribution >= 0.6 is 11.3 Å². The highest BCUT2D eigenvalue weighted by molar-refractivity contribution is 7.09. The topological polar surface area (TPSA) is 45.2 Å². The van der Waals surface area contributed by atoms with Crippen LogP contribution in [0.2, 0.25) is 0 Å². The third kappa shape index (κ3) is 2.89. The summed E-state index contributed by atoms with van der Waals surface area (Å²) in [5, 5.41) is 16.9. The second-order valence-electron chi connectivity index (χ2n) is 5.73. The molecule has 3 rings (SSSR count). The van der Waals surface area contributed by atoms with Gasteiger partial charge in [-0.2, -0.15) is 0 Å². The fourth-order valence-corrected chi connectivity index (χ4v) is 4.01. The first-order valence-electron chi connectivity index (χ1n) is 7.65. The zero-order valence-corrected chi connectivity index (χ0v) is 13.2. The summed E-state index contributed by atoms with van der Waals surface area (Å²) in [6, 6.07) is 8.42. The molecule has 1 aliphatic rings. The molecule has 2 aromatic rings. The molecule has 1 unspecified atom stereocenters. The lowest BCUT2D eigenvalue weighted by Gasteiger charge is -2.29. The molecule has 0 radical (unpaired) electrons. The van der Waals surface area contributed by atoms with E-state index in [1.54, 1.807) is 11.3 Å². The number of nitrogens with zero attached hydrogens (tertiary/aromatic N) is 1. The third-order valence-electron chi connectivity index (χ3n) is 4.30. The van der Waals surface area contributed by atoms with E-state index in [0.717, 1.165) is 37.9 Å². The molecular weight excluding hydrogens is 280 g/mol. The fraction of sp³-hybridized carbons (Fsp3) is 0.471. The predicted molar refractivity (Wildman–Crippen MR) is 86.5 cm³/mol. The summed E-state index contributed by atoms with van der Waals surface area (Å²) in [4.78, 5) is 4.66. The van der Waals surface area contributed by atoms with E-state index in [1.807, 2.05) is 0 Å². The van der Waals surface area contributed by atoms with E-state index < -0.39 is 0 Å². The Morgan fingerprint density at radius 3 is 3.05 bits per heavy atom. The normalized spacial score (nSPS) is 20.7. The maximum absolute atomic E-state index is 9.95. The Morgan fingerprint density at radius 1 is 1.38 bits per heavy atom. The Bertz CT molecular complexity index is 610. The van der Waals surface area contributed by atoms with Gasteiger partial charge in [0.05, 0.1) is 22.8 Å². The number of hydrogen-bond acceptors (Lipinski definition) is 4. The van der Waals surface area contributed by atoms with E-state index in [2.05, 4.69) is 46.9 Å². The minimum Gasteiger partial charge on any atom is -0.394 e. The van der Waals surface area contributed by atoms with Crippen LogP contribution in [0.1, 0.15) is 41.6 Å². The molecule has 0 aliphatic heterocycles. The van der Waals surface area contributed by atoms with Gasteiger partial charge in [0, 0.05) is 11.9 Å². The number of aromatic nitrogens is 1. The highest BCUT2D eigenvalue weighted by Gasteiger charge is 2.37. The molecular formula is C17H22N2OS. The Hall–Kier alpha value is -1.23. The van der Waals surface area contributed by atoms with Gasteiger partial charge in [-0.3, -0.25) is 5.32 Å². The van der Waals surface area contributed by atoms with E-state index in [1.165, 1.54) is 16.1 Å². The maximum atomic E-state index is 9.95. The highest BCUT2D eigenvalue weighted by atomic mass is 32.1. The number of thiazole rings is 1. The standard InChI is InChI=1S/C17H22N2OS/c1-2-5-16-19-14(11-21-16)10-18-17(12-20)9-8-13-6-3-4-7-15(13)17/h3-4,6-7,11,18,20H,2,5,8-10,12H2,1H3. The SMILES string of the molecule is CCCc1nc(CNC2(CO)CCc3ccccc32)cs1. The van der Waals surface area contributed by atoms with Crippen molar-refractivity contribution in [3.8, 4) is 0 Å². The monoisotopic (exact) mass is 302 g/mol. The van der Waals surface area contributed by atoms with Crippen LogP contribution in [0.3, 0.4) is 0 Å². The van der Waals surface area contributed by atoms with Gasteiger partial charge in [-0.05, 0) is 36.8 Å². The molecule has 1 aromatic carbocycles. The van der Waals surface area contributed by atoms with Crippen LogP contribution in [-0.2, 0) is 24.9 Å². The summed E-state index contributed by atoms with van der Waals surface area (Å²) in [5.41, 5.74) is 3.38. The van der Waals surface area contributed by atoms with Crippen molar-refractivity contribution in [2.24, 2.45) is 0 Å². The molecule has 0 saturated heterocycles. The minimum atomic E-state index is -0.300. The molecule has 1 aromatic heterocycles. The summed E-state index contributed by atoms with van der Waals surface area (Å²) >= 11 is 1.74. The smallest absolute Gasteiger partial charge is 0.0928 e. The quantitative estimate of drug-likeness (QED) is 0.862. The van der Waals surface area contributed by atoms with Gasteiger partial charge in [-0.1, -0.05) is 31.2 Å². The first kappa shape index (κ1) is 14.7. The van der Waals surface area contributed by atoms with Crippen molar-refractivity contribution in [2.75, 3.05) is 6.61 Å². The van der Waals surface area contributed by atoms with E-state index in [4.69, 9.17) is 0 Å². The molecule has 1 heterocycles. The lowest BCUT2D eigenvalue weighted by atomic mass is 9.92. The second-order valence-corrected chi connectivity index (χ2v) is 6.68. The largest absolute Gasteiger partial charge is 0.394 e. The van der Waals surface area contributed by atoms with Crippen LogP contribution in [0.25, 0.3) is 0 Å². The number of benzene rings is 1. The van der Waals surface area contributed by atoms with Crippen LogP contribution in [0.5, 0.6) is 0 Å². The second kappa shape index (κ2) is 6.26. The van der Waals surface area contributed by atoms with Crippen molar-refractivity contribution < 1.29 is 5.11 Å². The summed E-state index contributed by atoms with van der Waals surface area (Å²) < 4.78 is 0. The van der Waals surface area contributed by atoms with Crippen LogP contribution in [0.15, 0.2) is 29.6 Å². The summed E-state index contributed by atoms with van der Waals surface area (Å²) in [6.07, 6.45) is 4.17. The molecule has 0 saturated carbocycles. The van der Waals surface area contributed by atoms with Gasteiger partial charge >= 0.3 is 0 Å². The van der Waals surface area contributed by atoms with Crippen molar-refractivity contribution >= 4 is 11.3 Å². The Kier molecular flexibility index (Phi) is 4.38. The van der Waals surface area contributed by atoms with E-state index in [9.17, 15) is 5.11 Å². The Balaban J connectivity index is 1.73. The molecule has 21 heavy (non-hydrogen) atoms. The van der Waals surface area contributed by atoms with Gasteiger partial charge in [0.2, 0.25) is 0 Å². The molecule has 1 aliphatic carbocycles. The molecule has 4 heteroatoms. The van der Waals surface area contributed by atoms with Crippen LogP contribution < -0.4 is 5.32 Å². The molecule has 1 atom stereocenters. The van der Waals surface area contributed by atoms with Gasteiger partial charge in [-0.15, -0.1) is 11.3 Å². The molecule has 112 valence electrons. The van der Waals surface area contributed by atoms with Crippen molar-refractivity contribution in [3.63, 3.8) is 0 Å². The zero-order valence-electron chi connectivity index (χ0n) is 12.4. The van der Waals surface area contributed by atoms with Crippen LogP contribution in [0, 0.1) is 0 Å². The van der Waals surface area contributed by atoms with E-state index in [0.29, 0.717) is 0 Å². The minimum absolute atomic E-state index is 0.135. The summed E-state index contributed by atoms with van der Waals surface area (Å²) in [5.74, 6) is 0. The maximum Gasteiger partial charge on any atom is 0.0928 e. The first-order valence-corrected chi connectivity index (χ1v) is 8.53. The van der Waals surface area contributed by atoms with Gasteiger partial charge in [-0.25, -0.2) is 4.98 Å². The number of rotatable bonds is 6. The van der Waals surface area contributed by atoms with Gasteiger partial charge in [0.25, 0.3) is 0 Å². The number of aliphatic hydroxyl groups is 1. The highest BCUT2D eigenvalue weighted by Crippen LogP contribution is 2.36. The number of fused-ring (bicyclic) bond motifs is 1.